The smallest absolute Gasteiger partial charge is 0.257 e. The quantitative estimate of drug-likeness (QED) is 0.854. The Balaban J connectivity index is 2.00. The second-order valence-corrected chi connectivity index (χ2v) is 5.65. The Labute approximate surface area is 130 Å². The zero-order valence-corrected chi connectivity index (χ0v) is 13.3. The van der Waals surface area contributed by atoms with Gasteiger partial charge in [0.05, 0.1) is 35.9 Å². The van der Waals surface area contributed by atoms with Crippen LogP contribution in [0.5, 0.6) is 0 Å². The van der Waals surface area contributed by atoms with Gasteiger partial charge in [-0.1, -0.05) is 18.2 Å². The summed E-state index contributed by atoms with van der Waals surface area (Å²) in [6.45, 7) is 8.41. The summed E-state index contributed by atoms with van der Waals surface area (Å²) in [4.78, 5) is 14.6. The highest BCUT2D eigenvalue weighted by molar-refractivity contribution is 5.96. The fourth-order valence-corrected chi connectivity index (χ4v) is 2.91. The number of carbonyl (C=O) groups excluding carboxylic acids is 1. The van der Waals surface area contributed by atoms with Crippen molar-refractivity contribution in [3.63, 3.8) is 0 Å². The average Bonchev–Trinajstić information content (AvgIpc) is 2.83. The van der Waals surface area contributed by atoms with Crippen LogP contribution < -0.4 is 0 Å². The third-order valence-corrected chi connectivity index (χ3v) is 4.15. The van der Waals surface area contributed by atoms with Crippen molar-refractivity contribution in [1.29, 1.82) is 0 Å². The number of carbonyl (C=O) groups is 1. The van der Waals surface area contributed by atoms with Crippen LogP contribution in [-0.2, 0) is 4.74 Å². The van der Waals surface area contributed by atoms with Crippen molar-refractivity contribution in [3.8, 4) is 5.69 Å². The van der Waals surface area contributed by atoms with E-state index in [4.69, 9.17) is 4.74 Å². The zero-order chi connectivity index (χ0) is 15.7. The lowest BCUT2D eigenvalue weighted by Gasteiger charge is -2.27. The maximum absolute atomic E-state index is 12.8. The van der Waals surface area contributed by atoms with Gasteiger partial charge in [-0.05, 0) is 32.4 Å². The summed E-state index contributed by atoms with van der Waals surface area (Å²) >= 11 is 0. The minimum atomic E-state index is 0.0538. The Kier molecular flexibility index (Phi) is 3.98. The number of amides is 1. The molecule has 1 aliphatic heterocycles. The number of para-hydroxylation sites is 1. The maximum atomic E-state index is 12.8. The molecule has 1 aliphatic rings. The van der Waals surface area contributed by atoms with Crippen molar-refractivity contribution in [2.45, 2.75) is 20.8 Å². The monoisotopic (exact) mass is 299 g/mol. The third kappa shape index (κ3) is 2.52. The van der Waals surface area contributed by atoms with E-state index >= 15 is 0 Å². The minimum absolute atomic E-state index is 0.0538. The third-order valence-electron chi connectivity index (χ3n) is 4.15. The highest BCUT2D eigenvalue weighted by atomic mass is 16.5. The molecule has 0 saturated carbocycles. The molecular weight excluding hydrogens is 278 g/mol. The van der Waals surface area contributed by atoms with Gasteiger partial charge in [-0.15, -0.1) is 0 Å². The highest BCUT2D eigenvalue weighted by Crippen LogP contribution is 2.22. The maximum Gasteiger partial charge on any atom is 0.257 e. The number of benzene rings is 1. The normalized spacial score (nSPS) is 15.1. The van der Waals surface area contributed by atoms with Gasteiger partial charge in [0.25, 0.3) is 5.91 Å². The first-order valence-corrected chi connectivity index (χ1v) is 7.59. The van der Waals surface area contributed by atoms with Gasteiger partial charge in [0.2, 0.25) is 0 Å². The topological polar surface area (TPSA) is 47.4 Å². The van der Waals surface area contributed by atoms with Crippen LogP contribution >= 0.6 is 0 Å². The van der Waals surface area contributed by atoms with Crippen molar-refractivity contribution in [2.24, 2.45) is 0 Å². The summed E-state index contributed by atoms with van der Waals surface area (Å²) < 4.78 is 7.20. The molecule has 116 valence electrons. The summed E-state index contributed by atoms with van der Waals surface area (Å²) in [5.74, 6) is 0.0538. The predicted octanol–water partition coefficient (Wildman–Crippen LogP) is 2.27. The number of hydrogen-bond acceptors (Lipinski definition) is 3. The number of hydrogen-bond donors (Lipinski definition) is 0. The molecule has 0 aliphatic carbocycles. The number of morpholine rings is 1. The van der Waals surface area contributed by atoms with Gasteiger partial charge in [-0.3, -0.25) is 4.79 Å². The van der Waals surface area contributed by atoms with Gasteiger partial charge in [0, 0.05) is 13.1 Å². The van der Waals surface area contributed by atoms with Gasteiger partial charge >= 0.3 is 0 Å². The van der Waals surface area contributed by atoms with Crippen molar-refractivity contribution in [1.82, 2.24) is 14.7 Å². The molecule has 0 atom stereocenters. The molecule has 0 spiro atoms. The van der Waals surface area contributed by atoms with E-state index < -0.39 is 0 Å². The number of rotatable bonds is 2. The lowest BCUT2D eigenvalue weighted by atomic mass is 10.1. The molecular formula is C17H21N3O2. The van der Waals surface area contributed by atoms with E-state index in [9.17, 15) is 4.79 Å². The molecule has 2 heterocycles. The minimum Gasteiger partial charge on any atom is -0.378 e. The van der Waals surface area contributed by atoms with Gasteiger partial charge < -0.3 is 9.64 Å². The summed E-state index contributed by atoms with van der Waals surface area (Å²) in [5.41, 5.74) is 4.54. The van der Waals surface area contributed by atoms with Gasteiger partial charge in [0.15, 0.2) is 0 Å². The molecule has 0 bridgehead atoms. The molecule has 5 heteroatoms. The first kappa shape index (κ1) is 14.8. The van der Waals surface area contributed by atoms with Crippen LogP contribution in [0.2, 0.25) is 0 Å². The Bertz CT molecular complexity index is 700. The molecule has 1 aromatic carbocycles. The Hall–Kier alpha value is -2.14. The van der Waals surface area contributed by atoms with E-state index in [0.717, 1.165) is 22.6 Å². The van der Waals surface area contributed by atoms with Gasteiger partial charge in [0.1, 0.15) is 0 Å². The van der Waals surface area contributed by atoms with Gasteiger partial charge in [-0.25, -0.2) is 4.68 Å². The van der Waals surface area contributed by atoms with Crippen molar-refractivity contribution >= 4 is 5.91 Å². The lowest BCUT2D eigenvalue weighted by Crippen LogP contribution is -2.41. The number of aromatic nitrogens is 2. The largest absolute Gasteiger partial charge is 0.378 e. The summed E-state index contributed by atoms with van der Waals surface area (Å²) in [6, 6.07) is 8.07. The van der Waals surface area contributed by atoms with E-state index in [2.05, 4.69) is 18.1 Å². The van der Waals surface area contributed by atoms with E-state index in [0.29, 0.717) is 31.9 Å². The highest BCUT2D eigenvalue weighted by Gasteiger charge is 2.25. The van der Waals surface area contributed by atoms with E-state index in [1.807, 2.05) is 41.6 Å². The van der Waals surface area contributed by atoms with E-state index in [1.165, 1.54) is 0 Å². The predicted molar refractivity (Wildman–Crippen MR) is 84.5 cm³/mol. The van der Waals surface area contributed by atoms with Crippen LogP contribution in [0.4, 0.5) is 0 Å². The first-order valence-electron chi connectivity index (χ1n) is 7.59. The molecule has 1 saturated heterocycles. The molecule has 1 fully saturated rings. The number of ether oxygens (including phenoxy) is 1. The Morgan fingerprint density at radius 2 is 1.82 bits per heavy atom. The van der Waals surface area contributed by atoms with Crippen LogP contribution in [0, 0.1) is 20.8 Å². The fourth-order valence-electron chi connectivity index (χ4n) is 2.91. The Morgan fingerprint density at radius 1 is 1.14 bits per heavy atom. The molecule has 1 aromatic heterocycles. The molecule has 5 nitrogen and oxygen atoms in total. The molecule has 1 amide bonds. The van der Waals surface area contributed by atoms with Crippen LogP contribution in [-0.4, -0.2) is 46.9 Å². The van der Waals surface area contributed by atoms with Crippen LogP contribution in [0.3, 0.4) is 0 Å². The average molecular weight is 299 g/mol. The number of nitrogens with zero attached hydrogens (tertiary/aromatic N) is 3. The van der Waals surface area contributed by atoms with Crippen molar-refractivity contribution in [2.75, 3.05) is 26.3 Å². The first-order chi connectivity index (χ1) is 10.6. The van der Waals surface area contributed by atoms with E-state index in [1.54, 1.807) is 0 Å². The standard InChI is InChI=1S/C17H21N3O2/c1-12-6-4-5-7-15(12)20-14(3)16(13(2)18-20)17(21)19-8-10-22-11-9-19/h4-7H,8-11H2,1-3H3. The molecule has 0 radical (unpaired) electrons. The lowest BCUT2D eigenvalue weighted by molar-refractivity contribution is 0.0302. The summed E-state index contributed by atoms with van der Waals surface area (Å²) in [7, 11) is 0. The van der Waals surface area contributed by atoms with Crippen molar-refractivity contribution in [3.05, 3.63) is 46.8 Å². The van der Waals surface area contributed by atoms with E-state index in [-0.39, 0.29) is 5.91 Å². The second kappa shape index (κ2) is 5.93. The van der Waals surface area contributed by atoms with Gasteiger partial charge in [-0.2, -0.15) is 5.10 Å². The van der Waals surface area contributed by atoms with Crippen LogP contribution in [0.15, 0.2) is 24.3 Å². The van der Waals surface area contributed by atoms with Crippen LogP contribution in [0.25, 0.3) is 5.69 Å². The molecule has 22 heavy (non-hydrogen) atoms. The SMILES string of the molecule is Cc1ccccc1-n1nc(C)c(C(=O)N2CCOCC2)c1C. The summed E-state index contributed by atoms with van der Waals surface area (Å²) in [6.07, 6.45) is 0. The molecule has 0 unspecified atom stereocenters. The fraction of sp³-hybridized carbons (Fsp3) is 0.412. The second-order valence-electron chi connectivity index (χ2n) is 5.65. The zero-order valence-electron chi connectivity index (χ0n) is 13.3. The molecule has 3 rings (SSSR count). The van der Waals surface area contributed by atoms with Crippen LogP contribution in [0.1, 0.15) is 27.3 Å². The molecule has 0 N–H and O–H groups in total. The summed E-state index contributed by atoms with van der Waals surface area (Å²) in [5, 5.41) is 4.60. The Morgan fingerprint density at radius 3 is 2.50 bits per heavy atom. The number of aryl methyl sites for hydroxylation is 2. The molecule has 2 aromatic rings. The van der Waals surface area contributed by atoms with Crippen molar-refractivity contribution < 1.29 is 9.53 Å².